The van der Waals surface area contributed by atoms with Gasteiger partial charge < -0.3 is 4.74 Å². The lowest BCUT2D eigenvalue weighted by Crippen LogP contribution is -2.06. The fourth-order valence-electron chi connectivity index (χ4n) is 3.31. The molecule has 0 atom stereocenters. The third kappa shape index (κ3) is 11.9. The Hall–Kier alpha value is -1.98. The lowest BCUT2D eigenvalue weighted by Gasteiger charge is -2.07. The second kappa shape index (κ2) is 16.6. The standard InChI is InChI=1S/C18H26S.C11H16O3S/c1-5-6-10-18(19-4)12-11-16(3)14-17-9-7-8-15(2)13-17;1-3-4-9-15(12,13)11-7-5-10(14-2)6-8-11/h7-9,12-13H,3,5-6,10-11,14H2,1-2,4H3;5-8H,3-4,9H2,1-2H3/b18-12-;. The molecule has 0 spiro atoms. The zero-order valence-electron chi connectivity index (χ0n) is 21.6. The normalized spacial score (nSPS) is 11.5. The third-order valence-corrected chi connectivity index (χ3v) is 8.09. The summed E-state index contributed by atoms with van der Waals surface area (Å²) in [7, 11) is -1.55. The Kier molecular flexibility index (Phi) is 14.7. The van der Waals surface area contributed by atoms with Crippen LogP contribution in [0.4, 0.5) is 0 Å². The Balaban J connectivity index is 0.000000350. The Morgan fingerprint density at radius 3 is 2.29 bits per heavy atom. The molecule has 2 aromatic rings. The van der Waals surface area contributed by atoms with Gasteiger partial charge >= 0.3 is 0 Å². The Morgan fingerprint density at radius 1 is 1.06 bits per heavy atom. The second-order valence-electron chi connectivity index (χ2n) is 8.45. The number of benzene rings is 2. The number of thioether (sulfide) groups is 1. The zero-order valence-corrected chi connectivity index (χ0v) is 23.2. The molecule has 5 heteroatoms. The van der Waals surface area contributed by atoms with Crippen molar-refractivity contribution < 1.29 is 13.2 Å². The summed E-state index contributed by atoms with van der Waals surface area (Å²) < 4.78 is 28.5. The molecule has 0 aliphatic carbocycles. The van der Waals surface area contributed by atoms with Crippen molar-refractivity contribution in [3.63, 3.8) is 0 Å². The summed E-state index contributed by atoms with van der Waals surface area (Å²) in [6, 6.07) is 15.2. The highest BCUT2D eigenvalue weighted by Gasteiger charge is 2.13. The quantitative estimate of drug-likeness (QED) is 0.259. The molecule has 34 heavy (non-hydrogen) atoms. The average molecular weight is 503 g/mol. The first-order valence-electron chi connectivity index (χ1n) is 12.1. The van der Waals surface area contributed by atoms with E-state index in [0.29, 0.717) is 17.1 Å². The number of methoxy groups -OCH3 is 1. The van der Waals surface area contributed by atoms with Gasteiger partial charge in [0.25, 0.3) is 0 Å². The molecule has 0 amide bonds. The SMILES string of the molecule is C=C(C/C=C(/CCCC)SC)Cc1cccc(C)c1.CCCCS(=O)(=O)c1ccc(OC)cc1. The van der Waals surface area contributed by atoms with Crippen LogP contribution in [-0.2, 0) is 16.3 Å². The minimum atomic E-state index is -3.10. The molecule has 0 radical (unpaired) electrons. The molecule has 0 saturated carbocycles. The minimum Gasteiger partial charge on any atom is -0.497 e. The van der Waals surface area contributed by atoms with Crippen LogP contribution in [0.5, 0.6) is 5.75 Å². The highest BCUT2D eigenvalue weighted by atomic mass is 32.2. The molecule has 0 aliphatic rings. The van der Waals surface area contributed by atoms with Crippen molar-refractivity contribution in [2.24, 2.45) is 0 Å². The smallest absolute Gasteiger partial charge is 0.178 e. The van der Waals surface area contributed by atoms with Crippen LogP contribution in [0.3, 0.4) is 0 Å². The number of aryl methyl sites for hydroxylation is 1. The predicted octanol–water partition coefficient (Wildman–Crippen LogP) is 8.19. The number of unbranched alkanes of at least 4 members (excludes halogenated alkanes) is 2. The zero-order chi connectivity index (χ0) is 25.4. The fourth-order valence-corrected chi connectivity index (χ4v) is 5.37. The molecular weight excluding hydrogens is 460 g/mol. The van der Waals surface area contributed by atoms with Crippen LogP contribution in [0.15, 0.2) is 76.6 Å². The number of rotatable bonds is 13. The van der Waals surface area contributed by atoms with E-state index in [4.69, 9.17) is 4.74 Å². The van der Waals surface area contributed by atoms with E-state index in [0.717, 1.165) is 19.3 Å². The molecule has 0 unspecified atom stereocenters. The molecule has 0 bridgehead atoms. The first-order valence-corrected chi connectivity index (χ1v) is 14.9. The third-order valence-electron chi connectivity index (χ3n) is 5.38. The summed E-state index contributed by atoms with van der Waals surface area (Å²) in [5, 5.41) is 0. The van der Waals surface area contributed by atoms with Crippen molar-refractivity contribution in [2.45, 2.75) is 70.6 Å². The highest BCUT2D eigenvalue weighted by Crippen LogP contribution is 2.22. The number of allylic oxidation sites excluding steroid dienone is 3. The molecule has 3 nitrogen and oxygen atoms in total. The molecule has 0 aromatic heterocycles. The van der Waals surface area contributed by atoms with Gasteiger partial charge in [-0.3, -0.25) is 0 Å². The van der Waals surface area contributed by atoms with Crippen LogP contribution in [0.2, 0.25) is 0 Å². The van der Waals surface area contributed by atoms with E-state index in [2.05, 4.69) is 57.0 Å². The molecule has 0 fully saturated rings. The number of hydrogen-bond donors (Lipinski definition) is 0. The summed E-state index contributed by atoms with van der Waals surface area (Å²) in [6.45, 7) is 10.6. The van der Waals surface area contributed by atoms with Gasteiger partial charge in [-0.2, -0.15) is 0 Å². The van der Waals surface area contributed by atoms with E-state index in [-0.39, 0.29) is 5.75 Å². The molecule has 2 aromatic carbocycles. The van der Waals surface area contributed by atoms with Crippen molar-refractivity contribution in [1.82, 2.24) is 0 Å². The van der Waals surface area contributed by atoms with Crippen LogP contribution < -0.4 is 4.74 Å². The second-order valence-corrected chi connectivity index (χ2v) is 11.5. The van der Waals surface area contributed by atoms with Crippen molar-refractivity contribution in [2.75, 3.05) is 19.1 Å². The van der Waals surface area contributed by atoms with Crippen molar-refractivity contribution in [1.29, 1.82) is 0 Å². The largest absolute Gasteiger partial charge is 0.497 e. The van der Waals surface area contributed by atoms with Gasteiger partial charge in [-0.05, 0) is 80.0 Å². The van der Waals surface area contributed by atoms with E-state index in [9.17, 15) is 8.42 Å². The van der Waals surface area contributed by atoms with E-state index in [1.54, 1.807) is 31.4 Å². The predicted molar refractivity (Wildman–Crippen MR) is 150 cm³/mol. The summed E-state index contributed by atoms with van der Waals surface area (Å²) in [4.78, 5) is 1.88. The van der Waals surface area contributed by atoms with Gasteiger partial charge in [0.05, 0.1) is 17.8 Å². The minimum absolute atomic E-state index is 0.218. The van der Waals surface area contributed by atoms with Crippen LogP contribution in [0.25, 0.3) is 0 Å². The Bertz CT molecular complexity index is 990. The molecule has 0 heterocycles. The number of ether oxygens (including phenoxy) is 1. The summed E-state index contributed by atoms with van der Waals surface area (Å²) >= 11 is 1.88. The van der Waals surface area contributed by atoms with E-state index >= 15 is 0 Å². The number of sulfone groups is 1. The molecule has 0 N–H and O–H groups in total. The van der Waals surface area contributed by atoms with Gasteiger partial charge in [0.1, 0.15) is 5.75 Å². The van der Waals surface area contributed by atoms with Gasteiger partial charge in [-0.15, -0.1) is 11.8 Å². The van der Waals surface area contributed by atoms with Gasteiger partial charge in [0, 0.05) is 0 Å². The summed E-state index contributed by atoms with van der Waals surface area (Å²) in [5.74, 6) is 0.889. The van der Waals surface area contributed by atoms with Gasteiger partial charge in [-0.25, -0.2) is 8.42 Å². The van der Waals surface area contributed by atoms with E-state index in [1.807, 2.05) is 18.7 Å². The average Bonchev–Trinajstić information content (AvgIpc) is 2.83. The topological polar surface area (TPSA) is 43.4 Å². The molecular formula is C29H42O3S2. The Labute approximate surface area is 212 Å². The highest BCUT2D eigenvalue weighted by molar-refractivity contribution is 8.02. The molecule has 188 valence electrons. The maximum Gasteiger partial charge on any atom is 0.178 e. The fraction of sp³-hybridized carbons (Fsp3) is 0.448. The summed E-state index contributed by atoms with van der Waals surface area (Å²) in [6.07, 6.45) is 11.9. The maximum absolute atomic E-state index is 11.7. The van der Waals surface area contributed by atoms with Gasteiger partial charge in [-0.1, -0.05) is 74.7 Å². The maximum atomic E-state index is 11.7. The number of hydrogen-bond acceptors (Lipinski definition) is 4. The Morgan fingerprint density at radius 2 is 1.74 bits per heavy atom. The lowest BCUT2D eigenvalue weighted by atomic mass is 10.0. The first-order chi connectivity index (χ1) is 16.2. The monoisotopic (exact) mass is 502 g/mol. The van der Waals surface area contributed by atoms with Crippen molar-refractivity contribution in [3.05, 3.63) is 82.8 Å². The van der Waals surface area contributed by atoms with Crippen LogP contribution in [0, 0.1) is 6.92 Å². The lowest BCUT2D eigenvalue weighted by molar-refractivity contribution is 0.414. The van der Waals surface area contributed by atoms with Crippen LogP contribution >= 0.6 is 11.8 Å². The van der Waals surface area contributed by atoms with Crippen LogP contribution in [0.1, 0.15) is 63.5 Å². The molecule has 0 saturated heterocycles. The van der Waals surface area contributed by atoms with Crippen molar-refractivity contribution >= 4 is 21.6 Å². The van der Waals surface area contributed by atoms with Crippen LogP contribution in [-0.4, -0.2) is 27.5 Å². The van der Waals surface area contributed by atoms with E-state index in [1.165, 1.54) is 40.9 Å². The summed E-state index contributed by atoms with van der Waals surface area (Å²) in [5.41, 5.74) is 4.00. The van der Waals surface area contributed by atoms with Gasteiger partial charge in [0.2, 0.25) is 0 Å². The first kappa shape index (κ1) is 30.1. The van der Waals surface area contributed by atoms with Crippen molar-refractivity contribution in [3.8, 4) is 5.75 Å². The van der Waals surface area contributed by atoms with Gasteiger partial charge in [0.15, 0.2) is 9.84 Å². The van der Waals surface area contributed by atoms with E-state index < -0.39 is 9.84 Å². The molecule has 2 rings (SSSR count). The molecule has 0 aliphatic heterocycles.